The summed E-state index contributed by atoms with van der Waals surface area (Å²) in [6.45, 7) is 1.37. The van der Waals surface area contributed by atoms with Crippen LogP contribution in [0.3, 0.4) is 0 Å². The van der Waals surface area contributed by atoms with Gasteiger partial charge in [-0.25, -0.2) is 4.39 Å². The number of hydrogen-bond donors (Lipinski definition) is 0. The average molecular weight is 384 g/mol. The lowest BCUT2D eigenvalue weighted by atomic mass is 9.83. The van der Waals surface area contributed by atoms with Crippen LogP contribution in [-0.2, 0) is 27.2 Å². The molecule has 7 heteroatoms. The number of carbonyl (C=O) groups is 1. The number of likely N-dealkylation sites (tertiary alicyclic amines) is 1. The van der Waals surface area contributed by atoms with E-state index in [-0.39, 0.29) is 23.5 Å². The molecule has 2 aromatic rings. The molecule has 0 atom stereocenters. The molecule has 1 aromatic heterocycles. The highest BCUT2D eigenvalue weighted by atomic mass is 19.1. The number of rotatable bonds is 2. The molecule has 1 fully saturated rings. The van der Waals surface area contributed by atoms with Crippen molar-refractivity contribution in [2.75, 3.05) is 13.1 Å². The van der Waals surface area contributed by atoms with Crippen LogP contribution < -0.4 is 4.74 Å². The second-order valence-corrected chi connectivity index (χ2v) is 7.04. The summed E-state index contributed by atoms with van der Waals surface area (Å²) in [5.74, 6) is 0.534. The second kappa shape index (κ2) is 8.76. The van der Waals surface area contributed by atoms with Gasteiger partial charge in [-0.1, -0.05) is 12.1 Å². The van der Waals surface area contributed by atoms with Gasteiger partial charge in [-0.2, -0.15) is 9.59 Å². The minimum Gasteiger partial charge on any atom is -0.487 e. The number of hydrogen-bond acceptors (Lipinski definition) is 5. The van der Waals surface area contributed by atoms with Gasteiger partial charge in [0.05, 0.1) is 6.42 Å². The molecule has 4 rings (SSSR count). The van der Waals surface area contributed by atoms with Gasteiger partial charge in [-0.15, -0.1) is 0 Å². The molecule has 0 saturated carbocycles. The molecule has 0 unspecified atom stereocenters. The van der Waals surface area contributed by atoms with Gasteiger partial charge in [0, 0.05) is 44.4 Å². The number of amides is 1. The minimum atomic E-state index is -0.264. The number of pyridine rings is 1. The van der Waals surface area contributed by atoms with Crippen LogP contribution in [0.15, 0.2) is 42.7 Å². The maximum Gasteiger partial charge on any atom is 0.373 e. The number of piperidine rings is 1. The molecule has 0 bridgehead atoms. The van der Waals surface area contributed by atoms with Gasteiger partial charge in [-0.3, -0.25) is 9.78 Å². The number of aryl methyl sites for hydroxylation is 1. The fraction of sp³-hybridized carbons (Fsp3) is 0.381. The van der Waals surface area contributed by atoms with Crippen molar-refractivity contribution in [3.05, 3.63) is 59.7 Å². The van der Waals surface area contributed by atoms with Gasteiger partial charge in [-0.05, 0) is 36.1 Å². The van der Waals surface area contributed by atoms with Gasteiger partial charge in [0.1, 0.15) is 17.2 Å². The highest BCUT2D eigenvalue weighted by Gasteiger charge is 2.40. The summed E-state index contributed by atoms with van der Waals surface area (Å²) in [6.07, 6.45) is 7.49. The van der Waals surface area contributed by atoms with E-state index in [0.717, 1.165) is 36.8 Å². The zero-order chi connectivity index (χ0) is 20.0. The third-order valence-corrected chi connectivity index (χ3v) is 5.31. The van der Waals surface area contributed by atoms with Crippen molar-refractivity contribution in [1.82, 2.24) is 9.88 Å². The largest absolute Gasteiger partial charge is 0.487 e. The molecule has 146 valence electrons. The summed E-state index contributed by atoms with van der Waals surface area (Å²) in [5, 5.41) is 0. The van der Waals surface area contributed by atoms with E-state index in [1.807, 2.05) is 23.1 Å². The number of benzene rings is 1. The highest BCUT2D eigenvalue weighted by molar-refractivity contribution is 5.78. The molecule has 28 heavy (non-hydrogen) atoms. The topological polar surface area (TPSA) is 76.6 Å². The Morgan fingerprint density at radius 1 is 1.21 bits per heavy atom. The fourth-order valence-corrected chi connectivity index (χ4v) is 3.78. The minimum absolute atomic E-state index is 0.130. The van der Waals surface area contributed by atoms with Crippen molar-refractivity contribution in [2.24, 2.45) is 0 Å². The number of ether oxygens (including phenoxy) is 1. The van der Waals surface area contributed by atoms with Crippen LogP contribution in [0.1, 0.15) is 30.4 Å². The Morgan fingerprint density at radius 2 is 1.96 bits per heavy atom. The molecule has 0 N–H and O–H groups in total. The van der Waals surface area contributed by atoms with E-state index < -0.39 is 0 Å². The van der Waals surface area contributed by atoms with E-state index in [1.165, 1.54) is 12.1 Å². The summed E-state index contributed by atoms with van der Waals surface area (Å²) in [4.78, 5) is 34.7. The Balaban J connectivity index is 0.000000706. The van der Waals surface area contributed by atoms with Gasteiger partial charge in [0.25, 0.3) is 0 Å². The Hall–Kier alpha value is -3.05. The maximum absolute atomic E-state index is 13.5. The average Bonchev–Trinajstić information content (AvgIpc) is 2.69. The zero-order valence-electron chi connectivity index (χ0n) is 15.4. The molecule has 1 spiro atoms. The number of aromatic nitrogens is 1. The second-order valence-electron chi connectivity index (χ2n) is 7.04. The van der Waals surface area contributed by atoms with Crippen molar-refractivity contribution in [1.29, 1.82) is 0 Å². The molecule has 0 aliphatic carbocycles. The Bertz CT molecular complexity index is 858. The first-order valence-electron chi connectivity index (χ1n) is 9.19. The fourth-order valence-electron chi connectivity index (χ4n) is 3.78. The number of nitrogens with zero attached hydrogens (tertiary/aromatic N) is 2. The summed E-state index contributed by atoms with van der Waals surface area (Å²) in [6, 6.07) is 8.55. The molecule has 0 radical (unpaired) electrons. The smallest absolute Gasteiger partial charge is 0.373 e. The maximum atomic E-state index is 13.5. The quantitative estimate of drug-likeness (QED) is 0.795. The zero-order valence-corrected chi connectivity index (χ0v) is 15.4. The van der Waals surface area contributed by atoms with Crippen molar-refractivity contribution < 1.29 is 23.5 Å². The molecular weight excluding hydrogens is 363 g/mol. The van der Waals surface area contributed by atoms with Gasteiger partial charge in [0.2, 0.25) is 5.91 Å². The first-order chi connectivity index (χ1) is 13.5. The van der Waals surface area contributed by atoms with E-state index in [9.17, 15) is 9.18 Å². The van der Waals surface area contributed by atoms with E-state index >= 15 is 0 Å². The van der Waals surface area contributed by atoms with Gasteiger partial charge >= 0.3 is 6.15 Å². The molecule has 1 aromatic carbocycles. The summed E-state index contributed by atoms with van der Waals surface area (Å²) < 4.78 is 19.7. The Kier molecular flexibility index (Phi) is 6.16. The van der Waals surface area contributed by atoms with E-state index in [1.54, 1.807) is 12.4 Å². The van der Waals surface area contributed by atoms with Crippen molar-refractivity contribution in [3.8, 4) is 5.75 Å². The Morgan fingerprint density at radius 3 is 2.64 bits per heavy atom. The van der Waals surface area contributed by atoms with E-state index in [2.05, 4.69) is 4.98 Å². The van der Waals surface area contributed by atoms with Crippen LogP contribution in [0.4, 0.5) is 4.39 Å². The normalized spacial score (nSPS) is 16.8. The van der Waals surface area contributed by atoms with Crippen LogP contribution in [-0.4, -0.2) is 40.6 Å². The lowest BCUT2D eigenvalue weighted by Crippen LogP contribution is -2.51. The third kappa shape index (κ3) is 4.61. The van der Waals surface area contributed by atoms with Crippen molar-refractivity contribution in [2.45, 2.75) is 37.7 Å². The molecule has 1 saturated heterocycles. The molecule has 6 nitrogen and oxygen atoms in total. The number of halogens is 1. The van der Waals surface area contributed by atoms with E-state index in [4.69, 9.17) is 14.3 Å². The predicted molar refractivity (Wildman–Crippen MR) is 96.8 cm³/mol. The predicted octanol–water partition coefficient (Wildman–Crippen LogP) is 2.57. The summed E-state index contributed by atoms with van der Waals surface area (Å²) in [7, 11) is 0. The van der Waals surface area contributed by atoms with Gasteiger partial charge in [0.15, 0.2) is 0 Å². The highest BCUT2D eigenvalue weighted by Crippen LogP contribution is 2.39. The lowest BCUT2D eigenvalue weighted by molar-refractivity contribution is -0.191. The monoisotopic (exact) mass is 384 g/mol. The van der Waals surface area contributed by atoms with Crippen LogP contribution in [0.5, 0.6) is 5.75 Å². The molecule has 2 aliphatic rings. The molecule has 2 aliphatic heterocycles. The van der Waals surface area contributed by atoms with E-state index in [0.29, 0.717) is 25.3 Å². The lowest BCUT2D eigenvalue weighted by Gasteiger charge is -2.44. The summed E-state index contributed by atoms with van der Waals surface area (Å²) >= 11 is 0. The van der Waals surface area contributed by atoms with Crippen LogP contribution in [0, 0.1) is 5.82 Å². The number of fused-ring (bicyclic) bond motifs is 1. The van der Waals surface area contributed by atoms with Crippen molar-refractivity contribution >= 4 is 12.1 Å². The molecule has 1 amide bonds. The van der Waals surface area contributed by atoms with Crippen LogP contribution in [0.25, 0.3) is 0 Å². The first-order valence-corrected chi connectivity index (χ1v) is 9.19. The van der Waals surface area contributed by atoms with Gasteiger partial charge < -0.3 is 9.64 Å². The Labute approximate surface area is 162 Å². The first kappa shape index (κ1) is 19.7. The molecular formula is C21H21FN2O4. The number of carbonyl (C=O) groups excluding carboxylic acids is 3. The summed E-state index contributed by atoms with van der Waals surface area (Å²) in [5.41, 5.74) is 1.75. The SMILES string of the molecule is O=C(Cc1cccnc1)N1CCC2(CCc3ccc(F)cc3O2)CC1.O=C=O. The molecule has 3 heterocycles. The third-order valence-electron chi connectivity index (χ3n) is 5.31. The van der Waals surface area contributed by atoms with Crippen LogP contribution >= 0.6 is 0 Å². The van der Waals surface area contributed by atoms with Crippen LogP contribution in [0.2, 0.25) is 0 Å². The standard InChI is InChI=1S/C20H21FN2O2.CO2/c21-17-4-3-16-5-6-20(25-18(16)13-17)7-10-23(11-8-20)19(24)12-15-2-1-9-22-14-15;2-1-3/h1-4,9,13-14H,5-8,10-12H2;. The van der Waals surface area contributed by atoms with Crippen molar-refractivity contribution in [3.63, 3.8) is 0 Å².